The average molecular weight is 411 g/mol. The average Bonchev–Trinajstić information content (AvgIpc) is 3.27. The van der Waals surface area contributed by atoms with Crippen LogP contribution in [-0.2, 0) is 11.3 Å². The number of carbonyl (C=O) groups excluding carboxylic acids is 1. The topological polar surface area (TPSA) is 96.6 Å². The summed E-state index contributed by atoms with van der Waals surface area (Å²) in [6.07, 6.45) is 2.53. The van der Waals surface area contributed by atoms with Gasteiger partial charge in [-0.15, -0.1) is 0 Å². The zero-order valence-corrected chi connectivity index (χ0v) is 17.5. The quantitative estimate of drug-likeness (QED) is 0.781. The summed E-state index contributed by atoms with van der Waals surface area (Å²) in [6, 6.07) is 12.3. The number of nitrogen functional groups attached to an aromatic ring is 1. The number of likely N-dealkylation sites (tertiary alicyclic amines) is 1. The van der Waals surface area contributed by atoms with E-state index in [1.807, 2.05) is 37.4 Å². The number of ether oxygens (including phenoxy) is 1. The number of hydrogen-bond donors (Lipinski definition) is 2. The molecule has 0 saturated carbocycles. The Kier molecular flexibility index (Phi) is 6.32. The van der Waals surface area contributed by atoms with Crippen LogP contribution in [0.5, 0.6) is 0 Å². The van der Waals surface area contributed by atoms with Gasteiger partial charge in [-0.1, -0.05) is 30.3 Å². The van der Waals surface area contributed by atoms with Gasteiger partial charge in [-0.2, -0.15) is 4.98 Å². The lowest BCUT2D eigenvalue weighted by atomic mass is 9.93. The van der Waals surface area contributed by atoms with Crippen LogP contribution in [0.1, 0.15) is 36.4 Å². The third kappa shape index (κ3) is 4.81. The molecule has 0 bridgehead atoms. The van der Waals surface area contributed by atoms with E-state index in [0.29, 0.717) is 31.7 Å². The number of nitrogens with one attached hydrogen (secondary N) is 1. The monoisotopic (exact) mass is 410 g/mol. The van der Waals surface area contributed by atoms with Crippen molar-refractivity contribution in [1.29, 1.82) is 0 Å². The molecule has 2 saturated heterocycles. The minimum absolute atomic E-state index is 0.254. The smallest absolute Gasteiger partial charge is 0.410 e. The van der Waals surface area contributed by atoms with Gasteiger partial charge in [-0.3, -0.25) is 0 Å². The van der Waals surface area contributed by atoms with Crippen LogP contribution in [0, 0.1) is 0 Å². The number of carbonyl (C=O) groups is 1. The van der Waals surface area contributed by atoms with Gasteiger partial charge in [-0.25, -0.2) is 9.78 Å². The second-order valence-corrected chi connectivity index (χ2v) is 8.03. The van der Waals surface area contributed by atoms with E-state index in [0.717, 1.165) is 49.4 Å². The highest BCUT2D eigenvalue weighted by Gasteiger charge is 2.28. The fourth-order valence-corrected chi connectivity index (χ4v) is 4.21. The summed E-state index contributed by atoms with van der Waals surface area (Å²) in [5.41, 5.74) is 7.99. The number of benzene rings is 1. The molecular weight excluding hydrogens is 380 g/mol. The van der Waals surface area contributed by atoms with E-state index in [1.54, 1.807) is 4.90 Å². The summed E-state index contributed by atoms with van der Waals surface area (Å²) in [4.78, 5) is 25.4. The molecule has 2 aliphatic heterocycles. The molecule has 1 aromatic carbocycles. The van der Waals surface area contributed by atoms with E-state index in [2.05, 4.69) is 26.3 Å². The number of piperidine rings is 1. The zero-order chi connectivity index (χ0) is 20.9. The fraction of sp³-hybridized carbons (Fsp3) is 0.500. The number of aromatic nitrogens is 2. The van der Waals surface area contributed by atoms with Gasteiger partial charge in [0.25, 0.3) is 0 Å². The van der Waals surface area contributed by atoms with Crippen molar-refractivity contribution in [1.82, 2.24) is 20.2 Å². The SMILES string of the molecule is CN[C@@H]1CCN(c2cc(C3CCN(C(=O)OCc4ccccc4)CC3)nc(N)n2)C1. The zero-order valence-electron chi connectivity index (χ0n) is 17.5. The Balaban J connectivity index is 1.33. The minimum atomic E-state index is -0.254. The predicted octanol–water partition coefficient (Wildman–Crippen LogP) is 2.37. The van der Waals surface area contributed by atoms with Crippen LogP contribution in [-0.4, -0.2) is 60.2 Å². The van der Waals surface area contributed by atoms with Crippen molar-refractivity contribution in [2.24, 2.45) is 0 Å². The standard InChI is InChI=1S/C22H30N6O2/c1-24-18-9-12-28(14-18)20-13-19(25-21(23)26-20)17-7-10-27(11-8-17)22(29)30-15-16-5-3-2-4-6-16/h2-6,13,17-18,24H,7-12,14-15H2,1H3,(H2,23,25,26)/t18-/m1/s1. The van der Waals surface area contributed by atoms with Gasteiger partial charge in [0, 0.05) is 44.2 Å². The Hall–Kier alpha value is -2.87. The lowest BCUT2D eigenvalue weighted by molar-refractivity contribution is 0.0868. The Morgan fingerprint density at radius 1 is 1.17 bits per heavy atom. The molecule has 30 heavy (non-hydrogen) atoms. The Bertz CT molecular complexity index is 854. The van der Waals surface area contributed by atoms with Crippen LogP contribution in [0.4, 0.5) is 16.6 Å². The second kappa shape index (κ2) is 9.30. The van der Waals surface area contributed by atoms with E-state index in [9.17, 15) is 4.79 Å². The van der Waals surface area contributed by atoms with Crippen molar-refractivity contribution >= 4 is 17.9 Å². The molecule has 0 aliphatic carbocycles. The summed E-state index contributed by atoms with van der Waals surface area (Å²) in [7, 11) is 1.99. The number of hydrogen-bond acceptors (Lipinski definition) is 7. The molecule has 8 nitrogen and oxygen atoms in total. The number of rotatable bonds is 5. The predicted molar refractivity (Wildman–Crippen MR) is 116 cm³/mol. The summed E-state index contributed by atoms with van der Waals surface area (Å²) >= 11 is 0. The first kappa shape index (κ1) is 20.4. The first-order valence-electron chi connectivity index (χ1n) is 10.6. The summed E-state index contributed by atoms with van der Waals surface area (Å²) < 4.78 is 5.46. The van der Waals surface area contributed by atoms with Gasteiger partial charge in [0.1, 0.15) is 12.4 Å². The number of anilines is 2. The van der Waals surface area contributed by atoms with Crippen molar-refractivity contribution in [3.63, 3.8) is 0 Å². The lowest BCUT2D eigenvalue weighted by Crippen LogP contribution is -2.38. The number of amides is 1. The molecule has 0 spiro atoms. The van der Waals surface area contributed by atoms with Gasteiger partial charge in [0.2, 0.25) is 5.95 Å². The maximum absolute atomic E-state index is 12.4. The van der Waals surface area contributed by atoms with Crippen LogP contribution in [0.25, 0.3) is 0 Å². The van der Waals surface area contributed by atoms with Gasteiger partial charge in [0.15, 0.2) is 0 Å². The third-order valence-corrected chi connectivity index (χ3v) is 6.05. The maximum atomic E-state index is 12.4. The lowest BCUT2D eigenvalue weighted by Gasteiger charge is -2.31. The highest BCUT2D eigenvalue weighted by molar-refractivity contribution is 5.67. The van der Waals surface area contributed by atoms with Crippen LogP contribution in [0.2, 0.25) is 0 Å². The Morgan fingerprint density at radius 3 is 2.63 bits per heavy atom. The van der Waals surface area contributed by atoms with Crippen LogP contribution in [0.15, 0.2) is 36.4 Å². The second-order valence-electron chi connectivity index (χ2n) is 8.03. The molecular formula is C22H30N6O2. The molecule has 3 N–H and O–H groups in total. The molecule has 0 radical (unpaired) electrons. The summed E-state index contributed by atoms with van der Waals surface area (Å²) in [5, 5.41) is 3.33. The largest absolute Gasteiger partial charge is 0.445 e. The number of likely N-dealkylation sites (N-methyl/N-ethyl adjacent to an activating group) is 1. The van der Waals surface area contributed by atoms with Gasteiger partial charge >= 0.3 is 6.09 Å². The molecule has 2 aliphatic rings. The van der Waals surface area contributed by atoms with Crippen molar-refractivity contribution < 1.29 is 9.53 Å². The summed E-state index contributed by atoms with van der Waals surface area (Å²) in [6.45, 7) is 3.51. The molecule has 160 valence electrons. The summed E-state index contributed by atoms with van der Waals surface area (Å²) in [5.74, 6) is 1.50. The number of nitrogens with two attached hydrogens (primary N) is 1. The first-order valence-corrected chi connectivity index (χ1v) is 10.6. The molecule has 1 aromatic heterocycles. The van der Waals surface area contributed by atoms with E-state index in [4.69, 9.17) is 10.5 Å². The minimum Gasteiger partial charge on any atom is -0.445 e. The molecule has 2 aromatic rings. The van der Waals surface area contributed by atoms with E-state index in [1.165, 1.54) is 0 Å². The van der Waals surface area contributed by atoms with E-state index < -0.39 is 0 Å². The first-order chi connectivity index (χ1) is 14.6. The molecule has 1 atom stereocenters. The third-order valence-electron chi connectivity index (χ3n) is 6.05. The molecule has 3 heterocycles. The molecule has 1 amide bonds. The normalized spacial score (nSPS) is 19.8. The highest BCUT2D eigenvalue weighted by Crippen LogP contribution is 2.30. The van der Waals surface area contributed by atoms with Crippen molar-refractivity contribution in [2.75, 3.05) is 43.9 Å². The van der Waals surface area contributed by atoms with Crippen molar-refractivity contribution in [3.05, 3.63) is 47.7 Å². The van der Waals surface area contributed by atoms with Crippen LogP contribution >= 0.6 is 0 Å². The molecule has 2 fully saturated rings. The Labute approximate surface area is 177 Å². The van der Waals surface area contributed by atoms with Crippen LogP contribution < -0.4 is 16.0 Å². The molecule has 8 heteroatoms. The van der Waals surface area contributed by atoms with Crippen molar-refractivity contribution in [3.8, 4) is 0 Å². The molecule has 0 unspecified atom stereocenters. The highest BCUT2D eigenvalue weighted by atomic mass is 16.6. The van der Waals surface area contributed by atoms with Gasteiger partial charge < -0.3 is 25.6 Å². The van der Waals surface area contributed by atoms with Crippen LogP contribution in [0.3, 0.4) is 0 Å². The van der Waals surface area contributed by atoms with E-state index in [-0.39, 0.29) is 12.0 Å². The van der Waals surface area contributed by atoms with Crippen molar-refractivity contribution in [2.45, 2.75) is 37.8 Å². The van der Waals surface area contributed by atoms with E-state index >= 15 is 0 Å². The fourth-order valence-electron chi connectivity index (χ4n) is 4.21. The maximum Gasteiger partial charge on any atom is 0.410 e. The van der Waals surface area contributed by atoms with Gasteiger partial charge in [-0.05, 0) is 31.9 Å². The van der Waals surface area contributed by atoms with Gasteiger partial charge in [0.05, 0.1) is 5.69 Å². The molecule has 4 rings (SSSR count). The number of nitrogens with zero attached hydrogens (tertiary/aromatic N) is 4. The Morgan fingerprint density at radius 2 is 1.93 bits per heavy atom.